The molecular weight excluding hydrogens is 300 g/mol. The highest BCUT2D eigenvalue weighted by Gasteiger charge is 2.19. The van der Waals surface area contributed by atoms with Crippen molar-refractivity contribution in [1.82, 2.24) is 15.3 Å². The van der Waals surface area contributed by atoms with Crippen molar-refractivity contribution >= 4 is 38.5 Å². The molecule has 5 nitrogen and oxygen atoms in total. The molecule has 3 heterocycles. The van der Waals surface area contributed by atoms with Crippen molar-refractivity contribution in [2.45, 2.75) is 0 Å². The Kier molecular flexibility index (Phi) is 3.59. The van der Waals surface area contributed by atoms with Crippen molar-refractivity contribution in [3.05, 3.63) is 48.5 Å². The van der Waals surface area contributed by atoms with Crippen LogP contribution in [-0.4, -0.2) is 41.6 Å². The average Bonchev–Trinajstić information content (AvgIpc) is 3.02. The van der Waals surface area contributed by atoms with Crippen LogP contribution in [0.15, 0.2) is 48.5 Å². The van der Waals surface area contributed by atoms with Gasteiger partial charge in [0.15, 0.2) is 0 Å². The Labute approximate surface area is 139 Å². The Morgan fingerprint density at radius 1 is 0.875 bits per heavy atom. The highest BCUT2D eigenvalue weighted by atomic mass is 16.0. The molecule has 5 heteroatoms. The van der Waals surface area contributed by atoms with Crippen molar-refractivity contribution in [3.63, 3.8) is 0 Å². The van der Waals surface area contributed by atoms with E-state index in [9.17, 15) is 0 Å². The fourth-order valence-corrected chi connectivity index (χ4v) is 3.63. The van der Waals surface area contributed by atoms with Crippen LogP contribution in [-0.2, 0) is 0 Å². The Morgan fingerprint density at radius 3 is 2.42 bits per heavy atom. The summed E-state index contributed by atoms with van der Waals surface area (Å²) in [6.07, 6.45) is 0. The minimum Gasteiger partial charge on any atom is -0.412 e. The molecule has 24 heavy (non-hydrogen) atoms. The molecule has 1 aliphatic heterocycles. The third kappa shape index (κ3) is 2.13. The van der Waals surface area contributed by atoms with Gasteiger partial charge in [-0.15, -0.1) is 0 Å². The van der Waals surface area contributed by atoms with E-state index in [1.807, 2.05) is 0 Å². The van der Waals surface area contributed by atoms with Gasteiger partial charge in [-0.25, -0.2) is 4.98 Å². The summed E-state index contributed by atoms with van der Waals surface area (Å²) in [6.45, 7) is 4.02. The molecule has 1 fully saturated rings. The van der Waals surface area contributed by atoms with Gasteiger partial charge in [-0.05, 0) is 12.1 Å². The molecule has 0 saturated carbocycles. The number of benzene rings is 2. The average molecular weight is 320 g/mol. The van der Waals surface area contributed by atoms with Gasteiger partial charge in [0.1, 0.15) is 5.82 Å². The second kappa shape index (κ2) is 5.78. The number of H-pyrrole nitrogens is 1. The number of fused-ring (bicyclic) bond motifs is 5. The Hall–Kier alpha value is -2.63. The van der Waals surface area contributed by atoms with Crippen LogP contribution in [0.1, 0.15) is 0 Å². The maximum absolute atomic E-state index is 5.03. The van der Waals surface area contributed by atoms with Crippen LogP contribution < -0.4 is 10.2 Å². The third-order valence-electron chi connectivity index (χ3n) is 4.75. The highest BCUT2D eigenvalue weighted by Crippen LogP contribution is 2.36. The van der Waals surface area contributed by atoms with Crippen LogP contribution in [0, 0.1) is 0 Å². The van der Waals surface area contributed by atoms with Crippen LogP contribution in [0.4, 0.5) is 5.82 Å². The number of aromatic amines is 1. The van der Waals surface area contributed by atoms with Gasteiger partial charge in [0, 0.05) is 42.5 Å². The molecule has 4 aromatic rings. The van der Waals surface area contributed by atoms with Crippen molar-refractivity contribution < 1.29 is 5.48 Å². The predicted octanol–water partition coefficient (Wildman–Crippen LogP) is 2.45. The molecule has 2 aromatic heterocycles. The summed E-state index contributed by atoms with van der Waals surface area (Å²) in [5, 5.41) is 7.13. The Bertz CT molecular complexity index is 1020. The van der Waals surface area contributed by atoms with Crippen molar-refractivity contribution in [2.24, 2.45) is 0 Å². The first-order chi connectivity index (χ1) is 11.4. The molecule has 0 spiro atoms. The van der Waals surface area contributed by atoms with Gasteiger partial charge in [-0.3, -0.25) is 0 Å². The second-order valence-corrected chi connectivity index (χ2v) is 6.11. The van der Waals surface area contributed by atoms with E-state index in [4.69, 9.17) is 4.98 Å². The van der Waals surface area contributed by atoms with Crippen LogP contribution in [0.3, 0.4) is 0 Å². The van der Waals surface area contributed by atoms with Crippen molar-refractivity contribution in [3.8, 4) is 0 Å². The molecule has 0 atom stereocenters. The number of para-hydroxylation sites is 2. The van der Waals surface area contributed by atoms with E-state index in [2.05, 4.69) is 63.7 Å². The number of piperazine rings is 1. The zero-order chi connectivity index (χ0) is 15.2. The van der Waals surface area contributed by atoms with E-state index in [0.717, 1.165) is 37.5 Å². The number of hydrogen-bond acceptors (Lipinski definition) is 3. The van der Waals surface area contributed by atoms with Gasteiger partial charge < -0.3 is 20.7 Å². The molecule has 1 saturated heterocycles. The summed E-state index contributed by atoms with van der Waals surface area (Å²) in [4.78, 5) is 11.1. The first-order valence-corrected chi connectivity index (χ1v) is 8.17. The molecule has 1 aliphatic rings. The first-order valence-electron chi connectivity index (χ1n) is 8.17. The normalized spacial score (nSPS) is 15.1. The lowest BCUT2D eigenvalue weighted by Crippen LogP contribution is -2.44. The van der Waals surface area contributed by atoms with Gasteiger partial charge in [0.25, 0.3) is 0 Å². The highest BCUT2D eigenvalue weighted by molar-refractivity contribution is 6.20. The third-order valence-corrected chi connectivity index (χ3v) is 4.75. The van der Waals surface area contributed by atoms with Gasteiger partial charge >= 0.3 is 0 Å². The largest absolute Gasteiger partial charge is 0.412 e. The van der Waals surface area contributed by atoms with Crippen LogP contribution in [0.2, 0.25) is 0 Å². The SMILES string of the molecule is O.c1ccc2c(c1)nc(N1CCNCC1)c1c3ccccc3[nH]c21. The molecule has 0 aliphatic carbocycles. The molecule has 5 rings (SSSR count). The predicted molar refractivity (Wildman–Crippen MR) is 99.8 cm³/mol. The monoisotopic (exact) mass is 320 g/mol. The number of aromatic nitrogens is 2. The van der Waals surface area contributed by atoms with Crippen molar-refractivity contribution in [1.29, 1.82) is 0 Å². The van der Waals surface area contributed by atoms with E-state index in [-0.39, 0.29) is 5.48 Å². The molecule has 0 radical (unpaired) electrons. The summed E-state index contributed by atoms with van der Waals surface area (Å²) >= 11 is 0. The lowest BCUT2D eigenvalue weighted by atomic mass is 10.1. The van der Waals surface area contributed by atoms with Gasteiger partial charge in [-0.1, -0.05) is 36.4 Å². The molecule has 0 unspecified atom stereocenters. The van der Waals surface area contributed by atoms with Crippen LogP contribution in [0.25, 0.3) is 32.7 Å². The minimum atomic E-state index is 0. The van der Waals surface area contributed by atoms with E-state index < -0.39 is 0 Å². The van der Waals surface area contributed by atoms with Crippen LogP contribution >= 0.6 is 0 Å². The van der Waals surface area contributed by atoms with Crippen molar-refractivity contribution in [2.75, 3.05) is 31.1 Å². The summed E-state index contributed by atoms with van der Waals surface area (Å²) in [7, 11) is 0. The standard InChI is InChI=1S/C19H18N4.H2O/c1-3-7-15-13(5-1)17-18(21-15)14-6-2-4-8-16(14)22-19(17)23-11-9-20-10-12-23;/h1-8,20-21H,9-12H2;1H2. The first kappa shape index (κ1) is 14.9. The zero-order valence-electron chi connectivity index (χ0n) is 13.3. The fraction of sp³-hybridized carbons (Fsp3) is 0.211. The number of rotatable bonds is 1. The van der Waals surface area contributed by atoms with Gasteiger partial charge in [-0.2, -0.15) is 0 Å². The van der Waals surface area contributed by atoms with Gasteiger partial charge in [0.05, 0.1) is 16.4 Å². The summed E-state index contributed by atoms with van der Waals surface area (Å²) in [6, 6.07) is 16.9. The summed E-state index contributed by atoms with van der Waals surface area (Å²) in [5.41, 5.74) is 3.43. The lowest BCUT2D eigenvalue weighted by molar-refractivity contribution is 0.587. The van der Waals surface area contributed by atoms with Crippen LogP contribution in [0.5, 0.6) is 0 Å². The van der Waals surface area contributed by atoms with E-state index >= 15 is 0 Å². The van der Waals surface area contributed by atoms with E-state index in [1.165, 1.54) is 27.2 Å². The van der Waals surface area contributed by atoms with E-state index in [1.54, 1.807) is 0 Å². The summed E-state index contributed by atoms with van der Waals surface area (Å²) in [5.74, 6) is 1.11. The number of pyridine rings is 1. The second-order valence-electron chi connectivity index (χ2n) is 6.11. The molecule has 0 amide bonds. The molecule has 122 valence electrons. The quantitative estimate of drug-likeness (QED) is 0.566. The minimum absolute atomic E-state index is 0. The number of hydrogen-bond donors (Lipinski definition) is 2. The molecule has 4 N–H and O–H groups in total. The molecular formula is C19H20N4O. The number of nitrogens with zero attached hydrogens (tertiary/aromatic N) is 2. The Balaban J connectivity index is 0.00000146. The Morgan fingerprint density at radius 2 is 1.58 bits per heavy atom. The fourth-order valence-electron chi connectivity index (χ4n) is 3.63. The molecule has 2 aromatic carbocycles. The maximum Gasteiger partial charge on any atom is 0.139 e. The topological polar surface area (TPSA) is 75.5 Å². The molecule has 0 bridgehead atoms. The number of nitrogens with one attached hydrogen (secondary N) is 2. The summed E-state index contributed by atoms with van der Waals surface area (Å²) < 4.78 is 0. The zero-order valence-corrected chi connectivity index (χ0v) is 13.3. The maximum atomic E-state index is 5.03. The van der Waals surface area contributed by atoms with E-state index in [0.29, 0.717) is 0 Å². The number of anilines is 1. The smallest absolute Gasteiger partial charge is 0.139 e. The van der Waals surface area contributed by atoms with Gasteiger partial charge in [0.2, 0.25) is 0 Å². The lowest BCUT2D eigenvalue weighted by Gasteiger charge is -2.29.